The SMILES string of the molecule is CC(C)CC(CP(O)(O)=C(Cc1ccc2ccccc2c1)NC(=O)[C@H](CCCCN)NS(C)(=O)=O)C(=O)N[C@@H](Cc1c[nH]c2ccccc12)C(=O)O. The van der Waals surface area contributed by atoms with Gasteiger partial charge in [-0.3, -0.25) is 9.59 Å². The Morgan fingerprint density at radius 2 is 1.62 bits per heavy atom. The first-order valence-electron chi connectivity index (χ1n) is 17.3. The molecular formula is C37H50N5O8PS. The fourth-order valence-electron chi connectivity index (χ4n) is 6.29. The number of aromatic amines is 1. The van der Waals surface area contributed by atoms with Crippen molar-refractivity contribution in [1.29, 1.82) is 0 Å². The van der Waals surface area contributed by atoms with E-state index in [0.29, 0.717) is 30.5 Å². The topological polar surface area (TPSA) is 224 Å². The Hall–Kier alpha value is -4.04. The molecule has 9 N–H and O–H groups in total. The maximum Gasteiger partial charge on any atom is 0.326 e. The van der Waals surface area contributed by atoms with Gasteiger partial charge in [-0.05, 0) is 59.7 Å². The van der Waals surface area contributed by atoms with E-state index < -0.39 is 59.3 Å². The third-order valence-corrected chi connectivity index (χ3v) is 11.6. The molecule has 0 saturated heterocycles. The highest BCUT2D eigenvalue weighted by atomic mass is 32.2. The van der Waals surface area contributed by atoms with E-state index >= 15 is 0 Å². The number of carbonyl (C=O) groups is 3. The van der Waals surface area contributed by atoms with Crippen molar-refractivity contribution < 1.29 is 37.7 Å². The van der Waals surface area contributed by atoms with Crippen LogP contribution in [-0.4, -0.2) is 82.5 Å². The Kier molecular flexibility index (Phi) is 14.2. The highest BCUT2D eigenvalue weighted by Crippen LogP contribution is 2.43. The molecule has 0 spiro atoms. The smallest absolute Gasteiger partial charge is 0.326 e. The molecule has 0 fully saturated rings. The number of nitrogens with two attached hydrogens (primary N) is 1. The number of nitrogens with one attached hydrogen (secondary N) is 4. The van der Waals surface area contributed by atoms with Gasteiger partial charge in [-0.15, -0.1) is 0 Å². The lowest BCUT2D eigenvalue weighted by molar-refractivity contribution is -0.142. The molecule has 2 amide bonds. The predicted molar refractivity (Wildman–Crippen MR) is 206 cm³/mol. The molecule has 1 unspecified atom stereocenters. The first-order valence-corrected chi connectivity index (χ1v) is 21.1. The second kappa shape index (κ2) is 18.1. The van der Waals surface area contributed by atoms with E-state index in [-0.39, 0.29) is 37.0 Å². The third-order valence-electron chi connectivity index (χ3n) is 8.82. The van der Waals surface area contributed by atoms with E-state index in [2.05, 4.69) is 20.3 Å². The van der Waals surface area contributed by atoms with Gasteiger partial charge >= 0.3 is 5.97 Å². The van der Waals surface area contributed by atoms with Gasteiger partial charge in [0.05, 0.1) is 11.7 Å². The molecule has 0 bridgehead atoms. The second-order valence-corrected chi connectivity index (χ2v) is 17.9. The first-order chi connectivity index (χ1) is 24.6. The molecule has 0 radical (unpaired) electrons. The largest absolute Gasteiger partial charge is 0.480 e. The van der Waals surface area contributed by atoms with E-state index in [1.807, 2.05) is 74.5 Å². The minimum Gasteiger partial charge on any atom is -0.480 e. The lowest BCUT2D eigenvalue weighted by Crippen LogP contribution is -2.49. The number of hydrogen-bond donors (Lipinski definition) is 8. The summed E-state index contributed by atoms with van der Waals surface area (Å²) in [4.78, 5) is 66.8. The Labute approximate surface area is 304 Å². The van der Waals surface area contributed by atoms with E-state index in [1.54, 1.807) is 12.3 Å². The highest BCUT2D eigenvalue weighted by molar-refractivity contribution is 7.88. The fraction of sp³-hybridized carbons (Fsp3) is 0.405. The number of fused-ring (bicyclic) bond motifs is 2. The van der Waals surface area contributed by atoms with Crippen molar-refractivity contribution in [3.8, 4) is 0 Å². The van der Waals surface area contributed by atoms with Crippen molar-refractivity contribution in [3.63, 3.8) is 0 Å². The van der Waals surface area contributed by atoms with Crippen LogP contribution in [0.5, 0.6) is 0 Å². The zero-order chi connectivity index (χ0) is 38.1. The van der Waals surface area contributed by atoms with E-state index in [0.717, 1.165) is 27.9 Å². The van der Waals surface area contributed by atoms with Gasteiger partial charge in [0.1, 0.15) is 19.4 Å². The number of rotatable bonds is 19. The molecule has 0 aliphatic heterocycles. The first kappa shape index (κ1) is 40.7. The number of carboxylic acid groups (broad SMARTS) is 1. The van der Waals surface area contributed by atoms with Gasteiger partial charge in [-0.25, -0.2) is 17.9 Å². The third kappa shape index (κ3) is 11.7. The van der Waals surface area contributed by atoms with Crippen molar-refractivity contribution in [2.24, 2.45) is 17.6 Å². The molecule has 1 aromatic heterocycles. The zero-order valence-electron chi connectivity index (χ0n) is 29.7. The molecule has 0 saturated carbocycles. The van der Waals surface area contributed by atoms with Crippen molar-refractivity contribution in [3.05, 3.63) is 84.1 Å². The Morgan fingerprint density at radius 3 is 2.29 bits per heavy atom. The molecular weight excluding hydrogens is 705 g/mol. The summed E-state index contributed by atoms with van der Waals surface area (Å²) in [6, 6.07) is 18.0. The zero-order valence-corrected chi connectivity index (χ0v) is 31.4. The molecule has 13 nitrogen and oxygen atoms in total. The van der Waals surface area contributed by atoms with Gasteiger partial charge in [-0.2, -0.15) is 0 Å². The van der Waals surface area contributed by atoms with Crippen molar-refractivity contribution >= 4 is 62.2 Å². The van der Waals surface area contributed by atoms with E-state index in [4.69, 9.17) is 5.73 Å². The van der Waals surface area contributed by atoms with E-state index in [9.17, 15) is 37.7 Å². The molecule has 0 aliphatic carbocycles. The molecule has 282 valence electrons. The van der Waals surface area contributed by atoms with Gasteiger partial charge in [0.15, 0.2) is 0 Å². The number of carbonyl (C=O) groups excluding carboxylic acids is 2. The summed E-state index contributed by atoms with van der Waals surface area (Å²) < 4.78 is 26.7. The molecule has 15 heteroatoms. The Bertz CT molecular complexity index is 2040. The maximum absolute atomic E-state index is 13.9. The van der Waals surface area contributed by atoms with Crippen LogP contribution < -0.4 is 21.1 Å². The maximum atomic E-state index is 13.9. The molecule has 1 heterocycles. The standard InChI is InChI=1S/C37H50N5O8PS/c1-24(2)18-29(35(43)40-33(37(45)46)21-28-22-39-31-13-7-6-12-30(28)31)23-51(47,48)34(20-25-15-16-26-10-4-5-11-27(26)19-25)41-36(44)32(14-8-9-17-38)42-52(3,49)50/h4-7,10-13,15-16,19,22,24,29,32-33,39,42,47-48H,8-9,14,17-18,20-21,23,38H2,1-3H3,(H,40,43)(H,41,44)(H,45,46)/t29?,32-,33-/m0/s1. The number of carboxylic acids is 1. The minimum atomic E-state index is -4.30. The number of H-pyrrole nitrogens is 1. The molecule has 3 aromatic carbocycles. The number of aliphatic carboxylic acids is 1. The van der Waals surface area contributed by atoms with Crippen LogP contribution >= 0.6 is 7.34 Å². The average molecular weight is 756 g/mol. The van der Waals surface area contributed by atoms with Crippen LogP contribution in [0, 0.1) is 11.8 Å². The Balaban J connectivity index is 1.68. The van der Waals surface area contributed by atoms with Gasteiger partial charge in [0.2, 0.25) is 21.8 Å². The molecule has 4 rings (SSSR count). The number of unbranched alkanes of at least 4 members (excludes halogenated alkanes) is 1. The van der Waals surface area contributed by atoms with Crippen molar-refractivity contribution in [2.45, 2.75) is 64.5 Å². The minimum absolute atomic E-state index is 0.00764. The number of sulfonamides is 1. The fourth-order valence-corrected chi connectivity index (χ4v) is 8.90. The summed E-state index contributed by atoms with van der Waals surface area (Å²) in [7, 11) is -8.13. The quantitative estimate of drug-likeness (QED) is 0.0518. The summed E-state index contributed by atoms with van der Waals surface area (Å²) in [5.41, 5.74) is 7.64. The van der Waals surface area contributed by atoms with Crippen molar-refractivity contribution in [1.82, 2.24) is 20.3 Å². The summed E-state index contributed by atoms with van der Waals surface area (Å²) >= 11 is 0. The van der Waals surface area contributed by atoms with Crippen LogP contribution in [0.3, 0.4) is 0 Å². The van der Waals surface area contributed by atoms with Crippen LogP contribution in [0.2, 0.25) is 0 Å². The van der Waals surface area contributed by atoms with E-state index in [1.165, 1.54) is 0 Å². The van der Waals surface area contributed by atoms with Crippen LogP contribution in [0.25, 0.3) is 21.7 Å². The van der Waals surface area contributed by atoms with Gasteiger partial charge in [-0.1, -0.05) is 80.9 Å². The number of aromatic nitrogens is 1. The normalized spacial score (nSPS) is 13.9. The molecule has 3 atom stereocenters. The average Bonchev–Trinajstić information content (AvgIpc) is 3.48. The van der Waals surface area contributed by atoms with Gasteiger partial charge in [0.25, 0.3) is 0 Å². The lowest BCUT2D eigenvalue weighted by Gasteiger charge is -2.28. The molecule has 0 aliphatic rings. The van der Waals surface area contributed by atoms with Crippen LogP contribution in [0.15, 0.2) is 72.9 Å². The summed E-state index contributed by atoms with van der Waals surface area (Å²) in [5.74, 6) is -3.81. The summed E-state index contributed by atoms with van der Waals surface area (Å²) in [5, 5.41) is 18.0. The summed E-state index contributed by atoms with van der Waals surface area (Å²) in [6.45, 7) is 4.07. The van der Waals surface area contributed by atoms with Crippen LogP contribution in [-0.2, 0) is 37.2 Å². The molecule has 4 aromatic rings. The monoisotopic (exact) mass is 755 g/mol. The highest BCUT2D eigenvalue weighted by Gasteiger charge is 2.33. The Morgan fingerprint density at radius 1 is 0.923 bits per heavy atom. The van der Waals surface area contributed by atoms with Gasteiger partial charge in [0, 0.05) is 42.0 Å². The number of hydrogen-bond acceptors (Lipinski definition) is 8. The van der Waals surface area contributed by atoms with Crippen LogP contribution in [0.4, 0.5) is 0 Å². The predicted octanol–water partition coefficient (Wildman–Crippen LogP) is 3.46. The second-order valence-electron chi connectivity index (χ2n) is 13.7. The van der Waals surface area contributed by atoms with Crippen molar-refractivity contribution in [2.75, 3.05) is 19.0 Å². The molecule has 52 heavy (non-hydrogen) atoms. The summed E-state index contributed by atoms with van der Waals surface area (Å²) in [6.07, 6.45) is 3.34. The number of para-hydroxylation sites is 1. The lowest BCUT2D eigenvalue weighted by atomic mass is 9.97. The van der Waals surface area contributed by atoms with Gasteiger partial charge < -0.3 is 36.2 Å². The number of amides is 2. The van der Waals surface area contributed by atoms with Crippen LogP contribution in [0.1, 0.15) is 50.7 Å². The number of benzene rings is 3.